The summed E-state index contributed by atoms with van der Waals surface area (Å²) in [6.07, 6.45) is 5.15. The molecule has 0 aliphatic carbocycles. The number of nitrogens with one attached hydrogen (secondary N) is 1. The van der Waals surface area contributed by atoms with E-state index >= 15 is 0 Å². The molecule has 164 valence electrons. The van der Waals surface area contributed by atoms with Crippen molar-refractivity contribution in [3.8, 4) is 11.4 Å². The van der Waals surface area contributed by atoms with E-state index in [0.29, 0.717) is 17.5 Å². The lowest BCUT2D eigenvalue weighted by atomic mass is 10.2. The molecule has 32 heavy (non-hydrogen) atoms. The van der Waals surface area contributed by atoms with E-state index in [4.69, 9.17) is 0 Å². The number of thioether (sulfide) groups is 1. The van der Waals surface area contributed by atoms with Gasteiger partial charge in [0.25, 0.3) is 0 Å². The summed E-state index contributed by atoms with van der Waals surface area (Å²) in [6, 6.07) is 15.9. The van der Waals surface area contributed by atoms with E-state index in [1.165, 1.54) is 11.8 Å². The van der Waals surface area contributed by atoms with Crippen molar-refractivity contribution in [2.75, 3.05) is 5.32 Å². The minimum atomic E-state index is -0.380. The Labute approximate surface area is 191 Å². The number of nitrogens with zero attached hydrogens (tertiary/aromatic N) is 6. The molecule has 0 bridgehead atoms. The number of carbonyl (C=O) groups excluding carboxylic acids is 1. The Hall–Kier alpha value is -3.46. The second-order valence-corrected chi connectivity index (χ2v) is 8.93. The van der Waals surface area contributed by atoms with Crippen LogP contribution in [-0.2, 0) is 11.3 Å². The smallest absolute Gasteiger partial charge is 0.238 e. The number of benzene rings is 1. The summed E-state index contributed by atoms with van der Waals surface area (Å²) in [5, 5.41) is 16.4. The molecule has 1 amide bonds. The summed E-state index contributed by atoms with van der Waals surface area (Å²) in [7, 11) is 0. The molecule has 1 aromatic carbocycles. The summed E-state index contributed by atoms with van der Waals surface area (Å²) in [5.74, 6) is 1.31. The fraction of sp³-hybridized carbons (Fsp3) is 0.261. The van der Waals surface area contributed by atoms with Gasteiger partial charge in [-0.25, -0.2) is 4.68 Å². The highest BCUT2D eigenvalue weighted by Crippen LogP contribution is 2.28. The van der Waals surface area contributed by atoms with Gasteiger partial charge in [-0.05, 0) is 38.5 Å². The molecule has 3 aromatic heterocycles. The number of anilines is 1. The van der Waals surface area contributed by atoms with Gasteiger partial charge in [-0.2, -0.15) is 5.10 Å². The Morgan fingerprint density at radius 3 is 2.47 bits per heavy atom. The zero-order valence-corrected chi connectivity index (χ0v) is 19.0. The monoisotopic (exact) mass is 447 g/mol. The van der Waals surface area contributed by atoms with Gasteiger partial charge in [-0.1, -0.05) is 42.1 Å². The van der Waals surface area contributed by atoms with Crippen molar-refractivity contribution < 1.29 is 4.79 Å². The van der Waals surface area contributed by atoms with E-state index < -0.39 is 0 Å². The molecule has 0 radical (unpaired) electrons. The average molecular weight is 448 g/mol. The van der Waals surface area contributed by atoms with E-state index in [1.807, 2.05) is 55.7 Å². The van der Waals surface area contributed by atoms with Crippen LogP contribution < -0.4 is 5.32 Å². The number of rotatable bonds is 8. The highest BCUT2D eigenvalue weighted by Gasteiger charge is 2.22. The van der Waals surface area contributed by atoms with E-state index in [1.54, 1.807) is 29.3 Å². The number of amides is 1. The lowest BCUT2D eigenvalue weighted by molar-refractivity contribution is -0.115. The second-order valence-electron chi connectivity index (χ2n) is 7.62. The minimum absolute atomic E-state index is 0.114. The van der Waals surface area contributed by atoms with Crippen molar-refractivity contribution in [3.05, 3.63) is 72.7 Å². The molecule has 1 unspecified atom stereocenters. The van der Waals surface area contributed by atoms with Gasteiger partial charge in [0.15, 0.2) is 11.0 Å². The molecule has 0 saturated carbocycles. The lowest BCUT2D eigenvalue weighted by Gasteiger charge is -2.15. The zero-order chi connectivity index (χ0) is 22.5. The normalized spacial score (nSPS) is 12.1. The van der Waals surface area contributed by atoms with E-state index in [-0.39, 0.29) is 17.2 Å². The van der Waals surface area contributed by atoms with Gasteiger partial charge >= 0.3 is 0 Å². The van der Waals surface area contributed by atoms with E-state index in [0.717, 1.165) is 17.0 Å². The van der Waals surface area contributed by atoms with Crippen molar-refractivity contribution in [3.63, 3.8) is 0 Å². The van der Waals surface area contributed by atoms with Gasteiger partial charge in [0.2, 0.25) is 5.91 Å². The van der Waals surface area contributed by atoms with Crippen LogP contribution in [0.2, 0.25) is 0 Å². The van der Waals surface area contributed by atoms with Gasteiger partial charge in [0.05, 0.1) is 18.0 Å². The number of aromatic nitrogens is 6. The van der Waals surface area contributed by atoms with Crippen LogP contribution in [-0.4, -0.2) is 40.7 Å². The Morgan fingerprint density at radius 1 is 1.00 bits per heavy atom. The van der Waals surface area contributed by atoms with E-state index in [2.05, 4.69) is 37.7 Å². The molecular formula is C23H25N7OS. The highest BCUT2D eigenvalue weighted by molar-refractivity contribution is 8.00. The Morgan fingerprint density at radius 2 is 1.75 bits per heavy atom. The first-order chi connectivity index (χ1) is 15.5. The van der Waals surface area contributed by atoms with Gasteiger partial charge in [-0.3, -0.25) is 14.3 Å². The minimum Gasteiger partial charge on any atom is -0.310 e. The Kier molecular flexibility index (Phi) is 6.65. The quantitative estimate of drug-likeness (QED) is 0.405. The molecule has 9 heteroatoms. The molecule has 8 nitrogen and oxygen atoms in total. The third kappa shape index (κ3) is 4.88. The predicted octanol–water partition coefficient (Wildman–Crippen LogP) is 4.29. The first kappa shape index (κ1) is 21.8. The van der Waals surface area contributed by atoms with Crippen LogP contribution >= 0.6 is 11.8 Å². The van der Waals surface area contributed by atoms with Crippen molar-refractivity contribution in [1.29, 1.82) is 0 Å². The topological polar surface area (TPSA) is 90.5 Å². The van der Waals surface area contributed by atoms with Crippen molar-refractivity contribution in [2.24, 2.45) is 0 Å². The van der Waals surface area contributed by atoms with E-state index in [9.17, 15) is 4.79 Å². The fourth-order valence-electron chi connectivity index (χ4n) is 3.26. The summed E-state index contributed by atoms with van der Waals surface area (Å²) in [4.78, 5) is 17.0. The van der Waals surface area contributed by atoms with Gasteiger partial charge in [0.1, 0.15) is 5.82 Å². The van der Waals surface area contributed by atoms with Gasteiger partial charge < -0.3 is 5.32 Å². The van der Waals surface area contributed by atoms with Gasteiger partial charge in [-0.15, -0.1) is 10.2 Å². The van der Waals surface area contributed by atoms with Crippen LogP contribution in [0.25, 0.3) is 11.4 Å². The summed E-state index contributed by atoms with van der Waals surface area (Å²) in [5.41, 5.74) is 2.05. The molecule has 1 atom stereocenters. The Bertz CT molecular complexity index is 1170. The molecule has 4 aromatic rings. The summed E-state index contributed by atoms with van der Waals surface area (Å²) in [6.45, 7) is 6.51. The lowest BCUT2D eigenvalue weighted by Crippen LogP contribution is -2.25. The SMILES string of the molecule is CC(Sc1nnc(-c2ccncc2)n1Cc1ccccc1)C(=O)Nc1ccnn1C(C)C. The van der Waals surface area contributed by atoms with Crippen molar-refractivity contribution >= 4 is 23.5 Å². The first-order valence-corrected chi connectivity index (χ1v) is 11.3. The summed E-state index contributed by atoms with van der Waals surface area (Å²) < 4.78 is 3.83. The van der Waals surface area contributed by atoms with Crippen molar-refractivity contribution in [2.45, 2.75) is 43.8 Å². The second kappa shape index (κ2) is 9.78. The standard InChI is InChI=1S/C23H25N7OS/c1-16(2)30-20(11-14-25-30)26-22(31)17(3)32-23-28-27-21(19-9-12-24-13-10-19)29(23)15-18-7-5-4-6-8-18/h4-14,16-17H,15H2,1-3H3,(H,26,31). The third-order valence-corrected chi connectivity index (χ3v) is 5.98. The molecule has 0 aliphatic rings. The number of pyridine rings is 1. The largest absolute Gasteiger partial charge is 0.310 e. The third-order valence-electron chi connectivity index (χ3n) is 4.90. The molecule has 3 heterocycles. The molecule has 0 saturated heterocycles. The maximum Gasteiger partial charge on any atom is 0.238 e. The average Bonchev–Trinajstić information content (AvgIpc) is 3.42. The highest BCUT2D eigenvalue weighted by atomic mass is 32.2. The molecule has 0 spiro atoms. The maximum absolute atomic E-state index is 12.9. The molecule has 0 aliphatic heterocycles. The van der Waals surface area contributed by atoms with Crippen LogP contribution in [0.1, 0.15) is 32.4 Å². The van der Waals surface area contributed by atoms with Crippen LogP contribution in [0.3, 0.4) is 0 Å². The maximum atomic E-state index is 12.9. The molecule has 0 fully saturated rings. The van der Waals surface area contributed by atoms with Crippen LogP contribution in [0.4, 0.5) is 5.82 Å². The zero-order valence-electron chi connectivity index (χ0n) is 18.2. The fourth-order valence-corrected chi connectivity index (χ4v) is 4.11. The summed E-state index contributed by atoms with van der Waals surface area (Å²) >= 11 is 1.38. The molecule has 4 rings (SSSR count). The number of hydrogen-bond acceptors (Lipinski definition) is 6. The van der Waals surface area contributed by atoms with Gasteiger partial charge in [0, 0.05) is 30.1 Å². The first-order valence-electron chi connectivity index (χ1n) is 10.4. The predicted molar refractivity (Wildman–Crippen MR) is 125 cm³/mol. The van der Waals surface area contributed by atoms with Crippen molar-refractivity contribution in [1.82, 2.24) is 29.5 Å². The van der Waals surface area contributed by atoms with Crippen LogP contribution in [0.5, 0.6) is 0 Å². The molecular weight excluding hydrogens is 422 g/mol. The molecule has 1 N–H and O–H groups in total. The van der Waals surface area contributed by atoms with Crippen LogP contribution in [0.15, 0.2) is 72.3 Å². The van der Waals surface area contributed by atoms with Crippen LogP contribution in [0, 0.1) is 0 Å². The number of hydrogen-bond donors (Lipinski definition) is 1. The Balaban J connectivity index is 1.58. The number of carbonyl (C=O) groups is 1.